The Balaban J connectivity index is 4.98. The maximum atomic E-state index is 13.2. The van der Waals surface area contributed by atoms with Gasteiger partial charge in [-0.25, -0.2) is 17.6 Å². The number of alkyl halides is 8. The van der Waals surface area contributed by atoms with Gasteiger partial charge in [0.1, 0.15) is 0 Å². The molecule has 0 rings (SSSR count). The second-order valence-corrected chi connectivity index (χ2v) is 4.46. The van der Waals surface area contributed by atoms with Gasteiger partial charge in [0, 0.05) is 12.8 Å². The van der Waals surface area contributed by atoms with E-state index in [-0.39, 0.29) is 0 Å². The van der Waals surface area contributed by atoms with E-state index >= 15 is 0 Å². The molecule has 0 atom stereocenters. The molecule has 0 fully saturated rings. The van der Waals surface area contributed by atoms with Crippen molar-refractivity contribution in [1.82, 2.24) is 0 Å². The van der Waals surface area contributed by atoms with E-state index in [1.54, 1.807) is 0 Å². The van der Waals surface area contributed by atoms with Crippen LogP contribution in [0.25, 0.3) is 0 Å². The molecule has 0 aliphatic heterocycles. The Morgan fingerprint density at radius 3 is 1.45 bits per heavy atom. The minimum Gasteiger partial charge on any atom is -0.206 e. The largest absolute Gasteiger partial charge is 0.316 e. The fourth-order valence-electron chi connectivity index (χ4n) is 1.51. The Morgan fingerprint density at radius 1 is 0.600 bits per heavy atom. The molecule has 0 saturated heterocycles. The summed E-state index contributed by atoms with van der Waals surface area (Å²) in [5.74, 6) is -18.5. The van der Waals surface area contributed by atoms with Gasteiger partial charge in [-0.3, -0.25) is 0 Å². The Bertz CT molecular complexity index is 345. The Morgan fingerprint density at radius 2 is 1.05 bits per heavy atom. The second kappa shape index (κ2) is 6.13. The van der Waals surface area contributed by atoms with Gasteiger partial charge in [-0.1, -0.05) is 12.2 Å². The lowest BCUT2D eigenvalue weighted by atomic mass is 9.96. The molecule has 0 saturated carbocycles. The first kappa shape index (κ1) is 18.9. The van der Waals surface area contributed by atoms with Crippen molar-refractivity contribution < 1.29 is 35.1 Å². The fourth-order valence-corrected chi connectivity index (χ4v) is 1.51. The Labute approximate surface area is 111 Å². The highest BCUT2D eigenvalue weighted by molar-refractivity contribution is 4.95. The van der Waals surface area contributed by atoms with Crippen molar-refractivity contribution in [3.63, 3.8) is 0 Å². The molecular weight excluding hydrogens is 296 g/mol. The molecule has 0 aliphatic carbocycles. The zero-order valence-corrected chi connectivity index (χ0v) is 10.4. The van der Waals surface area contributed by atoms with Crippen molar-refractivity contribution in [2.75, 3.05) is 0 Å². The van der Waals surface area contributed by atoms with Gasteiger partial charge in [0.15, 0.2) is 0 Å². The van der Waals surface area contributed by atoms with E-state index < -0.39 is 49.4 Å². The molecule has 0 amide bonds. The summed E-state index contributed by atoms with van der Waals surface area (Å²) in [5.41, 5.74) is 0. The highest BCUT2D eigenvalue weighted by atomic mass is 19.3. The van der Waals surface area contributed by atoms with Crippen LogP contribution >= 0.6 is 0 Å². The van der Waals surface area contributed by atoms with Crippen LogP contribution in [0.4, 0.5) is 35.1 Å². The Kier molecular flexibility index (Phi) is 5.80. The summed E-state index contributed by atoms with van der Waals surface area (Å²) in [6.07, 6.45) is -6.51. The van der Waals surface area contributed by atoms with Crippen molar-refractivity contribution >= 4 is 0 Å². The molecule has 0 nitrogen and oxygen atoms in total. The predicted molar refractivity (Wildman–Crippen MR) is 58.7 cm³/mol. The first-order valence-corrected chi connectivity index (χ1v) is 5.52. The van der Waals surface area contributed by atoms with Crippen LogP contribution in [0.1, 0.15) is 25.7 Å². The number of allylic oxidation sites excluding steroid dienone is 2. The summed E-state index contributed by atoms with van der Waals surface area (Å²) in [7, 11) is 0. The lowest BCUT2D eigenvalue weighted by Crippen LogP contribution is -2.45. The van der Waals surface area contributed by atoms with E-state index in [0.29, 0.717) is 12.2 Å². The maximum absolute atomic E-state index is 13.2. The maximum Gasteiger partial charge on any atom is 0.316 e. The van der Waals surface area contributed by atoms with Gasteiger partial charge in [-0.05, 0) is 0 Å². The van der Waals surface area contributed by atoms with E-state index in [9.17, 15) is 35.1 Å². The predicted octanol–water partition coefficient (Wildman–Crippen LogP) is 5.46. The van der Waals surface area contributed by atoms with Crippen LogP contribution in [-0.2, 0) is 0 Å². The first-order valence-electron chi connectivity index (χ1n) is 5.52. The average molecular weight is 310 g/mol. The lowest BCUT2D eigenvalue weighted by Gasteiger charge is -2.30. The van der Waals surface area contributed by atoms with Crippen LogP contribution in [0.15, 0.2) is 25.3 Å². The van der Waals surface area contributed by atoms with Crippen molar-refractivity contribution in [2.24, 2.45) is 0 Å². The van der Waals surface area contributed by atoms with Crippen molar-refractivity contribution in [1.29, 1.82) is 0 Å². The molecule has 20 heavy (non-hydrogen) atoms. The van der Waals surface area contributed by atoms with Gasteiger partial charge in [-0.15, -0.1) is 13.2 Å². The Hall–Kier alpha value is -1.08. The van der Waals surface area contributed by atoms with Gasteiger partial charge in [0.05, 0.1) is 12.8 Å². The molecule has 0 spiro atoms. The van der Waals surface area contributed by atoms with Crippen LogP contribution in [0.2, 0.25) is 0 Å². The summed E-state index contributed by atoms with van der Waals surface area (Å²) in [6.45, 7) is 5.72. The number of rotatable bonds is 9. The topological polar surface area (TPSA) is 0 Å². The molecule has 0 heterocycles. The van der Waals surface area contributed by atoms with Crippen molar-refractivity contribution in [3.05, 3.63) is 25.3 Å². The highest BCUT2D eigenvalue weighted by Gasteiger charge is 2.60. The molecule has 8 heteroatoms. The molecule has 0 aromatic heterocycles. The third-order valence-corrected chi connectivity index (χ3v) is 2.38. The van der Waals surface area contributed by atoms with Crippen LogP contribution in [-0.4, -0.2) is 23.7 Å². The van der Waals surface area contributed by atoms with Crippen LogP contribution < -0.4 is 0 Å². The van der Waals surface area contributed by atoms with Crippen LogP contribution in [0.3, 0.4) is 0 Å². The van der Waals surface area contributed by atoms with Gasteiger partial charge in [-0.2, -0.15) is 17.6 Å². The van der Waals surface area contributed by atoms with Gasteiger partial charge < -0.3 is 0 Å². The van der Waals surface area contributed by atoms with Crippen LogP contribution in [0, 0.1) is 0 Å². The van der Waals surface area contributed by atoms with E-state index in [1.165, 1.54) is 0 Å². The van der Waals surface area contributed by atoms with Crippen molar-refractivity contribution in [2.45, 2.75) is 49.4 Å². The lowest BCUT2D eigenvalue weighted by molar-refractivity contribution is -0.245. The second-order valence-electron chi connectivity index (χ2n) is 4.46. The molecule has 0 unspecified atom stereocenters. The zero-order chi connectivity index (χ0) is 16.2. The number of hydrogen-bond donors (Lipinski definition) is 0. The van der Waals surface area contributed by atoms with E-state index in [1.807, 2.05) is 0 Å². The minimum absolute atomic E-state index is 0.443. The highest BCUT2D eigenvalue weighted by Crippen LogP contribution is 2.46. The number of hydrogen-bond acceptors (Lipinski definition) is 0. The normalized spacial score (nSPS) is 14.2. The van der Waals surface area contributed by atoms with E-state index in [2.05, 4.69) is 13.2 Å². The van der Waals surface area contributed by atoms with E-state index in [0.717, 1.165) is 0 Å². The summed E-state index contributed by atoms with van der Waals surface area (Å²) in [5, 5.41) is 0. The first-order chi connectivity index (χ1) is 8.79. The number of halogens is 8. The van der Waals surface area contributed by atoms with Gasteiger partial charge in [0.25, 0.3) is 11.8 Å². The molecular formula is C12H14F8. The molecule has 118 valence electrons. The average Bonchev–Trinajstić information content (AvgIpc) is 2.12. The summed E-state index contributed by atoms with van der Waals surface area (Å²) < 4.78 is 104. The molecule has 0 radical (unpaired) electrons. The molecule has 0 aromatic carbocycles. The molecule has 0 aromatic rings. The third kappa shape index (κ3) is 5.50. The molecule has 0 N–H and O–H groups in total. The molecule has 0 bridgehead atoms. The SMILES string of the molecule is C=CCC(F)(F)CC(F)(F)CC(F)(F)C(F)(F)CC=C. The fraction of sp³-hybridized carbons (Fsp3) is 0.667. The monoisotopic (exact) mass is 310 g/mol. The summed E-state index contributed by atoms with van der Waals surface area (Å²) in [6, 6.07) is 0. The zero-order valence-electron chi connectivity index (χ0n) is 10.4. The summed E-state index contributed by atoms with van der Waals surface area (Å²) in [4.78, 5) is 0. The standard InChI is InChI=1S/C12H14F8/c1-3-5-9(13,14)7-10(15,16)8-12(19,20)11(17,18)6-4-2/h3-4H,1-2,5-8H2. The van der Waals surface area contributed by atoms with Crippen molar-refractivity contribution in [3.8, 4) is 0 Å². The van der Waals surface area contributed by atoms with Gasteiger partial charge >= 0.3 is 11.8 Å². The van der Waals surface area contributed by atoms with Gasteiger partial charge in [0.2, 0.25) is 0 Å². The van der Waals surface area contributed by atoms with Crippen LogP contribution in [0.5, 0.6) is 0 Å². The summed E-state index contributed by atoms with van der Waals surface area (Å²) >= 11 is 0. The third-order valence-electron chi connectivity index (χ3n) is 2.38. The smallest absolute Gasteiger partial charge is 0.206 e. The quantitative estimate of drug-likeness (QED) is 0.392. The van der Waals surface area contributed by atoms with E-state index in [4.69, 9.17) is 0 Å². The minimum atomic E-state index is -5.12. The molecule has 0 aliphatic rings.